The van der Waals surface area contributed by atoms with Gasteiger partial charge in [0.05, 0.1) is 0 Å². The lowest BCUT2D eigenvalue weighted by Crippen LogP contribution is -2.33. The predicted octanol–water partition coefficient (Wildman–Crippen LogP) is 8.62. The van der Waals surface area contributed by atoms with Gasteiger partial charge >= 0.3 is 18.0 Å². The lowest BCUT2D eigenvalue weighted by atomic mass is 9.91. The van der Waals surface area contributed by atoms with Crippen LogP contribution in [0.4, 0.5) is 4.79 Å². The fraction of sp³-hybridized carbons (Fsp3) is 0.474. The number of benzene rings is 2. The molecule has 2 fully saturated rings. The van der Waals surface area contributed by atoms with E-state index in [-0.39, 0.29) is 11.7 Å². The number of aliphatic hydroxyl groups excluding tert-OH is 1. The lowest BCUT2D eigenvalue weighted by molar-refractivity contribution is -0.147. The van der Waals surface area contributed by atoms with E-state index < -0.39 is 23.3 Å². The van der Waals surface area contributed by atoms with Crippen LogP contribution in [0.25, 0.3) is 11.1 Å². The Morgan fingerprint density at radius 1 is 0.820 bits per heavy atom. The van der Waals surface area contributed by atoms with E-state index in [0.29, 0.717) is 42.8 Å². The number of hydrogen-bond acceptors (Lipinski definition) is 9. The van der Waals surface area contributed by atoms with Crippen molar-refractivity contribution in [2.75, 3.05) is 13.1 Å². The zero-order valence-electron chi connectivity index (χ0n) is 29.4. The highest BCUT2D eigenvalue weighted by Gasteiger charge is 2.53. The van der Waals surface area contributed by atoms with E-state index in [0.717, 1.165) is 79.0 Å². The quantitative estimate of drug-likeness (QED) is 0.100. The summed E-state index contributed by atoms with van der Waals surface area (Å²) in [6, 6.07) is 8.09. The second kappa shape index (κ2) is 16.9. The summed E-state index contributed by atoms with van der Waals surface area (Å²) in [6.07, 6.45) is 7.60. The molecule has 6 rings (SSSR count). The molecule has 50 heavy (non-hydrogen) atoms. The Bertz CT molecular complexity index is 1730. The minimum atomic E-state index is -0.792. The molecule has 2 aliphatic carbocycles. The summed E-state index contributed by atoms with van der Waals surface area (Å²) in [4.78, 5) is 49.5. The number of isocyanates is 1. The van der Waals surface area contributed by atoms with Crippen molar-refractivity contribution >= 4 is 80.4 Å². The second-order valence-electron chi connectivity index (χ2n) is 12.9. The maximum absolute atomic E-state index is 12.8. The van der Waals surface area contributed by atoms with Crippen molar-refractivity contribution in [2.45, 2.75) is 104 Å². The van der Waals surface area contributed by atoms with E-state index in [9.17, 15) is 19.5 Å². The average molecular weight is 911 g/mol. The van der Waals surface area contributed by atoms with Gasteiger partial charge in [-0.1, -0.05) is 0 Å². The fourth-order valence-corrected chi connectivity index (χ4v) is 9.15. The molecule has 2 spiro atoms. The highest BCUT2D eigenvalue weighted by molar-refractivity contribution is 14.1. The molecule has 2 aliphatic heterocycles. The zero-order chi connectivity index (χ0) is 36.8. The number of carbonyl (C=O) groups is 3. The topological polar surface area (TPSA) is 141 Å². The van der Waals surface area contributed by atoms with Crippen LogP contribution in [0.2, 0.25) is 0 Å². The van der Waals surface area contributed by atoms with Gasteiger partial charge in [-0.15, -0.1) is 0 Å². The van der Waals surface area contributed by atoms with Gasteiger partial charge in [0.15, 0.2) is 22.7 Å². The van der Waals surface area contributed by atoms with Crippen molar-refractivity contribution in [1.29, 1.82) is 0 Å². The molecule has 268 valence electrons. The molecule has 2 aromatic rings. The van der Waals surface area contributed by atoms with Gasteiger partial charge in [0, 0.05) is 20.2 Å². The number of aliphatic hydroxyl groups is 1. The summed E-state index contributed by atoms with van der Waals surface area (Å²) in [7, 11) is 0. The number of esters is 2. The van der Waals surface area contributed by atoms with Gasteiger partial charge in [0.25, 0.3) is 0 Å². The van der Waals surface area contributed by atoms with Gasteiger partial charge in [0.2, 0.25) is 6.08 Å². The Balaban J connectivity index is 0.000000202. The maximum Gasteiger partial charge on any atom is 0.412 e. The van der Waals surface area contributed by atoms with Crippen molar-refractivity contribution < 1.29 is 38.5 Å². The summed E-state index contributed by atoms with van der Waals surface area (Å²) >= 11 is 4.51. The molecule has 0 aromatic heterocycles. The minimum absolute atomic E-state index is 0.146. The fourth-order valence-electron chi connectivity index (χ4n) is 7.28. The summed E-state index contributed by atoms with van der Waals surface area (Å²) in [6.45, 7) is 12.5. The van der Waals surface area contributed by atoms with Crippen LogP contribution in [0.5, 0.6) is 0 Å². The highest BCUT2D eigenvalue weighted by atomic mass is 127. The molecule has 2 aromatic carbocycles. The number of nitrogens with zero attached hydrogens (tertiary/aromatic N) is 1. The van der Waals surface area contributed by atoms with Crippen molar-refractivity contribution in [1.82, 2.24) is 5.32 Å². The molecule has 1 amide bonds. The largest absolute Gasteiger partial charge is 0.507 e. The first kappa shape index (κ1) is 39.6. The first-order valence-electron chi connectivity index (χ1n) is 16.9. The molecule has 10 nitrogen and oxygen atoms in total. The number of aliphatic imine (C=N–C) groups is 1. The van der Waals surface area contributed by atoms with Crippen LogP contribution in [0.3, 0.4) is 0 Å². The van der Waals surface area contributed by atoms with Crippen LogP contribution in [0.15, 0.2) is 40.8 Å². The van der Waals surface area contributed by atoms with Crippen molar-refractivity contribution in [2.24, 2.45) is 4.99 Å². The predicted molar refractivity (Wildman–Crippen MR) is 207 cm³/mol. The molecule has 0 saturated heterocycles. The molecule has 0 radical (unpaired) electrons. The lowest BCUT2D eigenvalue weighted by Gasteiger charge is -2.24. The molecule has 0 atom stereocenters. The molecule has 12 heteroatoms. The smallest absolute Gasteiger partial charge is 0.412 e. The van der Waals surface area contributed by atoms with E-state index >= 15 is 0 Å². The number of rotatable bonds is 5. The molecular formula is C38H44I2N2O8. The van der Waals surface area contributed by atoms with Crippen LogP contribution in [0.1, 0.15) is 98.6 Å². The first-order chi connectivity index (χ1) is 23.7. The number of aryl methyl sites for hydroxylation is 4. The van der Waals surface area contributed by atoms with E-state index in [1.807, 2.05) is 58.9 Å². The standard InChI is InChI=1S/C19H22INO4.C16H17IO3.C3H5NO/c1-4-21-18(23)24-16-15(14-11(2)9-13(20)10-12(14)3)17(22)25-19(16)7-5-6-8-19;1-9-7-11(17)8-10(2)12(9)13-14(18)16(20-15(13)19)5-3-4-6-16;1-2-4-3-5/h9-10H,4-8H2,1-3H3,(H,21,23);7-8,18H,3-6H2,1-2H3;2H2,1H3. The summed E-state index contributed by atoms with van der Waals surface area (Å²) < 4.78 is 19.2. The molecule has 4 aliphatic rings. The van der Waals surface area contributed by atoms with Gasteiger partial charge in [-0.3, -0.25) is 0 Å². The molecule has 0 bridgehead atoms. The number of amides is 1. The molecule has 2 saturated carbocycles. The van der Waals surface area contributed by atoms with Gasteiger partial charge in [0.1, 0.15) is 11.1 Å². The van der Waals surface area contributed by atoms with Crippen LogP contribution >= 0.6 is 45.2 Å². The number of nitrogens with one attached hydrogen (secondary N) is 1. The van der Waals surface area contributed by atoms with Gasteiger partial charge in [-0.25, -0.2) is 24.2 Å². The second-order valence-corrected chi connectivity index (χ2v) is 15.4. The third-order valence-electron chi connectivity index (χ3n) is 9.35. The van der Waals surface area contributed by atoms with Gasteiger partial charge in [-0.2, -0.15) is 0 Å². The van der Waals surface area contributed by atoms with Crippen LogP contribution in [-0.2, 0) is 28.6 Å². The molecule has 0 unspecified atom stereocenters. The van der Waals surface area contributed by atoms with Crippen LogP contribution in [-0.4, -0.2) is 53.5 Å². The minimum Gasteiger partial charge on any atom is -0.507 e. The number of hydrogen-bond donors (Lipinski definition) is 2. The monoisotopic (exact) mass is 910 g/mol. The van der Waals surface area contributed by atoms with Crippen molar-refractivity contribution in [3.63, 3.8) is 0 Å². The third-order valence-corrected chi connectivity index (χ3v) is 10.6. The van der Waals surface area contributed by atoms with E-state index in [4.69, 9.17) is 19.0 Å². The van der Waals surface area contributed by atoms with Crippen molar-refractivity contribution in [3.8, 4) is 0 Å². The summed E-state index contributed by atoms with van der Waals surface area (Å²) in [5.74, 6) is -0.244. The SMILES string of the molecule is CCN=C=O.CCNC(=O)OC1=C(c2c(C)cc(I)cc2C)C(=O)OC12CCCC2.Cc1cc(I)cc(C)c1C1=C(O)C2(CCCC2)OC1=O. The maximum atomic E-state index is 12.8. The zero-order valence-corrected chi connectivity index (χ0v) is 33.7. The van der Waals surface area contributed by atoms with Gasteiger partial charge in [-0.05, 0) is 196 Å². The van der Waals surface area contributed by atoms with Crippen LogP contribution < -0.4 is 5.32 Å². The number of ether oxygens (including phenoxy) is 3. The van der Waals surface area contributed by atoms with E-state index in [1.165, 1.54) is 6.08 Å². The Morgan fingerprint density at radius 3 is 1.66 bits per heavy atom. The first-order valence-corrected chi connectivity index (χ1v) is 19.1. The number of alkyl carbamates (subject to hydrolysis) is 1. The van der Waals surface area contributed by atoms with E-state index in [2.05, 4.69) is 55.5 Å². The van der Waals surface area contributed by atoms with Crippen molar-refractivity contribution in [3.05, 3.63) is 76.3 Å². The normalized spacial score (nSPS) is 18.2. The Labute approximate surface area is 320 Å². The van der Waals surface area contributed by atoms with E-state index in [1.54, 1.807) is 6.92 Å². The Kier molecular flexibility index (Phi) is 13.3. The number of carbonyl (C=O) groups excluding carboxylic acids is 4. The summed E-state index contributed by atoms with van der Waals surface area (Å²) in [5, 5.41) is 13.3. The average Bonchev–Trinajstić information content (AvgIpc) is 3.80. The molecule has 2 N–H and O–H groups in total. The van der Waals surface area contributed by atoms with Gasteiger partial charge < -0.3 is 24.6 Å². The summed E-state index contributed by atoms with van der Waals surface area (Å²) in [5.41, 5.74) is 4.84. The molecule has 2 heterocycles. The van der Waals surface area contributed by atoms with Crippen LogP contribution in [0, 0.1) is 34.8 Å². The molecular weight excluding hydrogens is 866 g/mol. The highest BCUT2D eigenvalue weighted by Crippen LogP contribution is 2.50. The number of halogens is 2. The third kappa shape index (κ3) is 8.28. The Morgan fingerprint density at radius 2 is 1.24 bits per heavy atom. The Hall–Kier alpha value is -3.23.